The van der Waals surface area contributed by atoms with Crippen LogP contribution < -0.4 is 4.74 Å². The molecule has 0 radical (unpaired) electrons. The Hall–Kier alpha value is -3.78. The molecule has 0 saturated carbocycles. The van der Waals surface area contributed by atoms with E-state index < -0.39 is 0 Å². The summed E-state index contributed by atoms with van der Waals surface area (Å²) in [5.41, 5.74) is 3.77. The minimum atomic E-state index is 0.188. The van der Waals surface area contributed by atoms with Crippen LogP contribution in [0, 0.1) is 0 Å². The van der Waals surface area contributed by atoms with Gasteiger partial charge in [0, 0.05) is 68.1 Å². The van der Waals surface area contributed by atoms with E-state index in [1.54, 1.807) is 19.3 Å². The maximum absolute atomic E-state index is 11.7. The van der Waals surface area contributed by atoms with Gasteiger partial charge in [0.1, 0.15) is 5.75 Å². The van der Waals surface area contributed by atoms with Gasteiger partial charge in [-0.25, -0.2) is 4.98 Å². The molecule has 8 nitrogen and oxygen atoms in total. The van der Waals surface area contributed by atoms with Crippen LogP contribution in [0.15, 0.2) is 60.9 Å². The fraction of sp³-hybridized carbons (Fsp3) is 0.280. The van der Waals surface area contributed by atoms with E-state index in [2.05, 4.69) is 32.2 Å². The van der Waals surface area contributed by atoms with Gasteiger partial charge in [-0.15, -0.1) is 0 Å². The molecular formula is C25H24N6O2. The first-order valence-corrected chi connectivity index (χ1v) is 11.2. The number of hydrogen-bond acceptors (Lipinski definition) is 6. The molecule has 2 saturated heterocycles. The van der Waals surface area contributed by atoms with Gasteiger partial charge in [-0.1, -0.05) is 6.07 Å². The van der Waals surface area contributed by atoms with Crippen molar-refractivity contribution < 1.29 is 9.53 Å². The minimum Gasteiger partial charge on any atom is -0.439 e. The molecule has 1 N–H and O–H groups in total. The van der Waals surface area contributed by atoms with Crippen molar-refractivity contribution in [1.82, 2.24) is 30.0 Å². The maximum atomic E-state index is 11.7. The number of rotatable bonds is 5. The number of amides is 1. The molecule has 6 rings (SSSR count). The van der Waals surface area contributed by atoms with Crippen molar-refractivity contribution in [3.63, 3.8) is 0 Å². The van der Waals surface area contributed by atoms with Crippen LogP contribution in [0.4, 0.5) is 0 Å². The molecule has 2 atom stereocenters. The van der Waals surface area contributed by atoms with E-state index in [9.17, 15) is 4.79 Å². The first-order chi connectivity index (χ1) is 16.1. The molecule has 33 heavy (non-hydrogen) atoms. The van der Waals surface area contributed by atoms with Crippen LogP contribution in [0.3, 0.4) is 0 Å². The Balaban J connectivity index is 1.13. The van der Waals surface area contributed by atoms with Gasteiger partial charge in [0.15, 0.2) is 0 Å². The van der Waals surface area contributed by atoms with E-state index in [0.717, 1.165) is 59.7 Å². The second-order valence-corrected chi connectivity index (χ2v) is 8.75. The molecule has 2 fully saturated rings. The lowest BCUT2D eigenvalue weighted by molar-refractivity contribution is -0.131. The molecule has 2 aliphatic heterocycles. The van der Waals surface area contributed by atoms with E-state index in [4.69, 9.17) is 9.72 Å². The average molecular weight is 441 g/mol. The van der Waals surface area contributed by atoms with Crippen LogP contribution in [-0.4, -0.2) is 61.0 Å². The molecule has 1 aromatic carbocycles. The summed E-state index contributed by atoms with van der Waals surface area (Å²) in [6.07, 6.45) is 4.61. The molecule has 2 bridgehead atoms. The van der Waals surface area contributed by atoms with Gasteiger partial charge >= 0.3 is 0 Å². The molecule has 1 amide bonds. The first-order valence-electron chi connectivity index (χ1n) is 11.2. The lowest BCUT2D eigenvalue weighted by Crippen LogP contribution is -2.47. The molecule has 4 aromatic rings. The summed E-state index contributed by atoms with van der Waals surface area (Å²) in [6, 6.07) is 16.5. The zero-order valence-corrected chi connectivity index (χ0v) is 18.3. The summed E-state index contributed by atoms with van der Waals surface area (Å²) in [5.74, 6) is 1.44. The number of carbonyl (C=O) groups excluding carboxylic acids is 1. The van der Waals surface area contributed by atoms with Crippen LogP contribution in [0.2, 0.25) is 0 Å². The largest absolute Gasteiger partial charge is 0.439 e. The molecule has 2 aliphatic rings. The van der Waals surface area contributed by atoms with E-state index in [0.29, 0.717) is 18.0 Å². The van der Waals surface area contributed by atoms with E-state index in [-0.39, 0.29) is 5.91 Å². The number of carbonyl (C=O) groups is 1. The predicted octanol–water partition coefficient (Wildman–Crippen LogP) is 3.62. The van der Waals surface area contributed by atoms with Crippen LogP contribution in [-0.2, 0) is 11.3 Å². The lowest BCUT2D eigenvalue weighted by Gasteiger charge is -2.33. The Bertz CT molecular complexity index is 1300. The fourth-order valence-corrected chi connectivity index (χ4v) is 4.97. The quantitative estimate of drug-likeness (QED) is 0.510. The molecule has 0 spiro atoms. The Morgan fingerprint density at radius 2 is 2.06 bits per heavy atom. The van der Waals surface area contributed by atoms with Crippen molar-refractivity contribution in [3.05, 3.63) is 66.6 Å². The number of hydrogen-bond donors (Lipinski definition) is 1. The Labute approximate surface area is 191 Å². The molecule has 0 aliphatic carbocycles. The van der Waals surface area contributed by atoms with Crippen molar-refractivity contribution >= 4 is 16.8 Å². The molecule has 166 valence electrons. The normalized spacial score (nSPS) is 20.0. The van der Waals surface area contributed by atoms with E-state index in [1.807, 2.05) is 41.3 Å². The number of benzene rings is 1. The monoisotopic (exact) mass is 440 g/mol. The number of ether oxygens (including phenoxy) is 1. The topological polar surface area (TPSA) is 87.2 Å². The summed E-state index contributed by atoms with van der Waals surface area (Å²) < 4.78 is 5.95. The number of aromatic amines is 1. The van der Waals surface area contributed by atoms with Gasteiger partial charge in [-0.3, -0.25) is 19.8 Å². The van der Waals surface area contributed by atoms with Crippen LogP contribution in [0.25, 0.3) is 22.2 Å². The van der Waals surface area contributed by atoms with Crippen LogP contribution in [0.5, 0.6) is 11.6 Å². The number of nitrogens with zero attached hydrogens (tertiary/aromatic N) is 5. The van der Waals surface area contributed by atoms with E-state index >= 15 is 0 Å². The van der Waals surface area contributed by atoms with Crippen molar-refractivity contribution in [2.75, 3.05) is 13.1 Å². The number of H-pyrrole nitrogens is 1. The van der Waals surface area contributed by atoms with Gasteiger partial charge in [0.05, 0.1) is 16.9 Å². The third-order valence-electron chi connectivity index (χ3n) is 6.60. The highest BCUT2D eigenvalue weighted by Gasteiger charge is 2.44. The van der Waals surface area contributed by atoms with Gasteiger partial charge in [0.25, 0.3) is 0 Å². The van der Waals surface area contributed by atoms with Crippen molar-refractivity contribution in [1.29, 1.82) is 0 Å². The third-order valence-corrected chi connectivity index (χ3v) is 6.60. The number of piperazine rings is 1. The molecule has 5 heterocycles. The minimum absolute atomic E-state index is 0.188. The predicted molar refractivity (Wildman–Crippen MR) is 124 cm³/mol. The molecule has 2 unspecified atom stereocenters. The number of fused-ring (bicyclic) bond motifs is 3. The number of aromatic nitrogens is 4. The molecule has 3 aromatic heterocycles. The van der Waals surface area contributed by atoms with Gasteiger partial charge in [0.2, 0.25) is 11.8 Å². The van der Waals surface area contributed by atoms with Crippen molar-refractivity contribution in [2.45, 2.75) is 32.0 Å². The highest BCUT2D eigenvalue weighted by Crippen LogP contribution is 2.32. The average Bonchev–Trinajstić information content (AvgIpc) is 3.57. The number of likely N-dealkylation sites (tertiary alicyclic amines) is 2. The van der Waals surface area contributed by atoms with Crippen molar-refractivity contribution in [2.24, 2.45) is 0 Å². The zero-order valence-electron chi connectivity index (χ0n) is 18.3. The Morgan fingerprint density at radius 3 is 2.79 bits per heavy atom. The second-order valence-electron chi connectivity index (χ2n) is 8.75. The number of nitrogens with one attached hydrogen (secondary N) is 1. The van der Waals surface area contributed by atoms with Gasteiger partial charge in [-0.2, -0.15) is 5.10 Å². The summed E-state index contributed by atoms with van der Waals surface area (Å²) in [6.45, 7) is 4.25. The summed E-state index contributed by atoms with van der Waals surface area (Å²) in [4.78, 5) is 25.4. The summed E-state index contributed by atoms with van der Waals surface area (Å²) >= 11 is 0. The summed E-state index contributed by atoms with van der Waals surface area (Å²) in [5, 5.41) is 7.99. The van der Waals surface area contributed by atoms with Gasteiger partial charge < -0.3 is 9.64 Å². The Kier molecular flexibility index (Phi) is 4.80. The van der Waals surface area contributed by atoms with Crippen LogP contribution >= 0.6 is 0 Å². The highest BCUT2D eigenvalue weighted by atomic mass is 16.5. The molecular weight excluding hydrogens is 416 g/mol. The first kappa shape index (κ1) is 19.9. The zero-order chi connectivity index (χ0) is 22.4. The Morgan fingerprint density at radius 1 is 1.12 bits per heavy atom. The summed E-state index contributed by atoms with van der Waals surface area (Å²) in [7, 11) is 0. The smallest absolute Gasteiger partial charge is 0.219 e. The second kappa shape index (κ2) is 7.97. The van der Waals surface area contributed by atoms with E-state index in [1.165, 1.54) is 0 Å². The maximum Gasteiger partial charge on any atom is 0.219 e. The highest BCUT2D eigenvalue weighted by molar-refractivity contribution is 5.80. The van der Waals surface area contributed by atoms with Crippen LogP contribution in [0.1, 0.15) is 19.0 Å². The fourth-order valence-electron chi connectivity index (χ4n) is 4.97. The van der Waals surface area contributed by atoms with Crippen molar-refractivity contribution in [3.8, 4) is 22.9 Å². The number of pyridine rings is 2. The third kappa shape index (κ3) is 3.82. The SMILES string of the molecule is CC(=O)N1CC2CC1CN2Cc1ccc2cc(Oc3ccc(-c4cc[nH]n4)cn3)ccc2n1. The lowest BCUT2D eigenvalue weighted by atomic mass is 10.2. The standard InChI is InChI=1S/C25H24N6O2/c1-16(32)31-15-20-11-21(31)14-30(20)13-19-4-2-17-10-22(5-6-23(17)28-19)33-25-7-3-18(12-26-25)24-8-9-27-29-24/h2-10,12,20-21H,11,13-15H2,1H3,(H,27,29). The van der Waals surface area contributed by atoms with Gasteiger partial charge in [-0.05, 0) is 42.8 Å². The molecule has 8 heteroatoms.